The Bertz CT molecular complexity index is 547. The van der Waals surface area contributed by atoms with Crippen LogP contribution in [0.25, 0.3) is 0 Å². The highest BCUT2D eigenvalue weighted by atomic mass is 16.5. The molecule has 0 aromatic heterocycles. The zero-order valence-corrected chi connectivity index (χ0v) is 14.0. The van der Waals surface area contributed by atoms with E-state index in [1.54, 1.807) is 0 Å². The van der Waals surface area contributed by atoms with Gasteiger partial charge in [0.15, 0.2) is 12.4 Å². The molecule has 1 aromatic rings. The van der Waals surface area contributed by atoms with Crippen molar-refractivity contribution in [1.29, 1.82) is 0 Å². The van der Waals surface area contributed by atoms with Crippen LogP contribution < -0.4 is 0 Å². The fraction of sp³-hybridized carbons (Fsp3) is 0.579. The van der Waals surface area contributed by atoms with E-state index < -0.39 is 5.41 Å². The number of carbonyl (C=O) groups excluding carboxylic acids is 2. The van der Waals surface area contributed by atoms with E-state index >= 15 is 0 Å². The summed E-state index contributed by atoms with van der Waals surface area (Å²) >= 11 is 0. The molecule has 0 heterocycles. The van der Waals surface area contributed by atoms with Crippen LogP contribution in [0, 0.1) is 16.7 Å². The van der Waals surface area contributed by atoms with E-state index in [-0.39, 0.29) is 30.2 Å². The topological polar surface area (TPSA) is 43.4 Å². The Labute approximate surface area is 133 Å². The van der Waals surface area contributed by atoms with Gasteiger partial charge < -0.3 is 4.74 Å². The SMILES string of the molecule is CC1CCC(C)(C(=O)COC(=O)Cc2ccccc2)C1(C)C. The lowest BCUT2D eigenvalue weighted by molar-refractivity contribution is -0.152. The maximum Gasteiger partial charge on any atom is 0.310 e. The number of benzene rings is 1. The van der Waals surface area contributed by atoms with E-state index in [0.717, 1.165) is 18.4 Å². The third-order valence-electron chi connectivity index (χ3n) is 5.90. The van der Waals surface area contributed by atoms with E-state index in [9.17, 15) is 9.59 Å². The molecule has 3 nitrogen and oxygen atoms in total. The van der Waals surface area contributed by atoms with Gasteiger partial charge in [0.1, 0.15) is 0 Å². The molecule has 2 unspecified atom stereocenters. The number of carbonyl (C=O) groups is 2. The number of rotatable bonds is 5. The number of hydrogen-bond acceptors (Lipinski definition) is 3. The maximum absolute atomic E-state index is 12.6. The van der Waals surface area contributed by atoms with E-state index in [2.05, 4.69) is 20.8 Å². The fourth-order valence-electron chi connectivity index (χ4n) is 3.35. The molecule has 1 saturated carbocycles. The number of esters is 1. The van der Waals surface area contributed by atoms with Gasteiger partial charge in [-0.05, 0) is 29.7 Å². The van der Waals surface area contributed by atoms with Gasteiger partial charge in [-0.1, -0.05) is 58.0 Å². The summed E-state index contributed by atoms with van der Waals surface area (Å²) in [6.45, 7) is 8.39. The zero-order valence-electron chi connectivity index (χ0n) is 14.0. The molecule has 0 aliphatic heterocycles. The first-order valence-corrected chi connectivity index (χ1v) is 8.00. The summed E-state index contributed by atoms with van der Waals surface area (Å²) in [4.78, 5) is 24.5. The molecule has 1 aromatic carbocycles. The monoisotopic (exact) mass is 302 g/mol. The lowest BCUT2D eigenvalue weighted by Crippen LogP contribution is -2.42. The molecule has 1 aliphatic rings. The van der Waals surface area contributed by atoms with E-state index in [1.165, 1.54) is 0 Å². The van der Waals surface area contributed by atoms with E-state index in [1.807, 2.05) is 37.3 Å². The number of ether oxygens (including phenoxy) is 1. The van der Waals surface area contributed by atoms with Crippen LogP contribution in [-0.2, 0) is 20.7 Å². The lowest BCUT2D eigenvalue weighted by atomic mass is 9.64. The third kappa shape index (κ3) is 3.08. The summed E-state index contributed by atoms with van der Waals surface area (Å²) in [7, 11) is 0. The minimum Gasteiger partial charge on any atom is -0.457 e. The molecule has 0 bridgehead atoms. The second kappa shape index (κ2) is 6.23. The lowest BCUT2D eigenvalue weighted by Gasteiger charge is -2.39. The van der Waals surface area contributed by atoms with Gasteiger partial charge in [-0.3, -0.25) is 9.59 Å². The van der Waals surface area contributed by atoms with E-state index in [0.29, 0.717) is 5.92 Å². The Morgan fingerprint density at radius 3 is 2.36 bits per heavy atom. The van der Waals surface area contributed by atoms with Crippen molar-refractivity contribution in [2.45, 2.75) is 47.0 Å². The third-order valence-corrected chi connectivity index (χ3v) is 5.90. The Morgan fingerprint density at radius 1 is 1.18 bits per heavy atom. The van der Waals surface area contributed by atoms with Gasteiger partial charge in [0.2, 0.25) is 0 Å². The number of ketones is 1. The van der Waals surface area contributed by atoms with Crippen molar-refractivity contribution < 1.29 is 14.3 Å². The average Bonchev–Trinajstić information content (AvgIpc) is 2.70. The zero-order chi connectivity index (χ0) is 16.4. The standard InChI is InChI=1S/C19H26O3/c1-14-10-11-19(4,18(14,2)3)16(20)13-22-17(21)12-15-8-6-5-7-9-15/h5-9,14H,10-13H2,1-4H3. The normalized spacial score (nSPS) is 26.6. The van der Waals surface area contributed by atoms with Crippen molar-refractivity contribution in [2.75, 3.05) is 6.61 Å². The Balaban J connectivity index is 1.92. The van der Waals surface area contributed by atoms with Crippen molar-refractivity contribution in [3.05, 3.63) is 35.9 Å². The first-order valence-electron chi connectivity index (χ1n) is 8.00. The van der Waals surface area contributed by atoms with Gasteiger partial charge in [0.25, 0.3) is 0 Å². The summed E-state index contributed by atoms with van der Waals surface area (Å²) in [5, 5.41) is 0. The first kappa shape index (κ1) is 16.7. The largest absolute Gasteiger partial charge is 0.457 e. The van der Waals surface area contributed by atoms with Gasteiger partial charge >= 0.3 is 5.97 Å². The molecule has 0 amide bonds. The second-order valence-electron chi connectivity index (χ2n) is 7.24. The van der Waals surface area contributed by atoms with Gasteiger partial charge in [-0.25, -0.2) is 0 Å². The van der Waals surface area contributed by atoms with Gasteiger partial charge in [0.05, 0.1) is 6.42 Å². The molecule has 1 fully saturated rings. The quantitative estimate of drug-likeness (QED) is 0.777. The molecular weight excluding hydrogens is 276 g/mol. The number of hydrogen-bond donors (Lipinski definition) is 0. The first-order chi connectivity index (χ1) is 10.3. The molecule has 1 aliphatic carbocycles. The highest BCUT2D eigenvalue weighted by Crippen LogP contribution is 2.56. The Kier molecular flexibility index (Phi) is 4.74. The molecule has 2 rings (SSSR count). The van der Waals surface area contributed by atoms with Gasteiger partial charge in [-0.15, -0.1) is 0 Å². The van der Waals surface area contributed by atoms with Crippen molar-refractivity contribution in [3.8, 4) is 0 Å². The highest BCUT2D eigenvalue weighted by molar-refractivity contribution is 5.88. The maximum atomic E-state index is 12.6. The minimum atomic E-state index is -0.403. The highest BCUT2D eigenvalue weighted by Gasteiger charge is 2.53. The summed E-state index contributed by atoms with van der Waals surface area (Å²) in [6.07, 6.45) is 2.13. The summed E-state index contributed by atoms with van der Waals surface area (Å²) in [5.74, 6) is 0.205. The summed E-state index contributed by atoms with van der Waals surface area (Å²) in [6, 6.07) is 9.44. The van der Waals surface area contributed by atoms with Crippen molar-refractivity contribution >= 4 is 11.8 Å². The fourth-order valence-corrected chi connectivity index (χ4v) is 3.35. The van der Waals surface area contributed by atoms with Crippen molar-refractivity contribution in [1.82, 2.24) is 0 Å². The predicted octanol–water partition coefficient (Wildman–Crippen LogP) is 3.80. The molecule has 0 N–H and O–H groups in total. The van der Waals surface area contributed by atoms with Crippen LogP contribution in [0.15, 0.2) is 30.3 Å². The van der Waals surface area contributed by atoms with Crippen LogP contribution in [0.1, 0.15) is 46.1 Å². The molecule has 2 atom stereocenters. The molecule has 0 radical (unpaired) electrons. The van der Waals surface area contributed by atoms with Crippen LogP contribution in [0.5, 0.6) is 0 Å². The van der Waals surface area contributed by atoms with Gasteiger partial charge in [0, 0.05) is 5.41 Å². The minimum absolute atomic E-state index is 0.0447. The Hall–Kier alpha value is -1.64. The van der Waals surface area contributed by atoms with Crippen LogP contribution >= 0.6 is 0 Å². The molecule has 120 valence electrons. The van der Waals surface area contributed by atoms with Crippen LogP contribution in [0.3, 0.4) is 0 Å². The molecular formula is C19H26O3. The van der Waals surface area contributed by atoms with Crippen LogP contribution in [0.4, 0.5) is 0 Å². The van der Waals surface area contributed by atoms with Crippen LogP contribution in [-0.4, -0.2) is 18.4 Å². The number of Topliss-reactive ketones (excluding diaryl/α,β-unsaturated/α-hetero) is 1. The predicted molar refractivity (Wildman–Crippen MR) is 86.4 cm³/mol. The van der Waals surface area contributed by atoms with Gasteiger partial charge in [-0.2, -0.15) is 0 Å². The molecule has 0 saturated heterocycles. The van der Waals surface area contributed by atoms with Crippen molar-refractivity contribution in [3.63, 3.8) is 0 Å². The summed E-state index contributed by atoms with van der Waals surface area (Å²) in [5.41, 5.74) is 0.441. The molecule has 22 heavy (non-hydrogen) atoms. The average molecular weight is 302 g/mol. The smallest absolute Gasteiger partial charge is 0.310 e. The molecule has 3 heteroatoms. The Morgan fingerprint density at radius 2 is 1.82 bits per heavy atom. The second-order valence-corrected chi connectivity index (χ2v) is 7.24. The van der Waals surface area contributed by atoms with E-state index in [4.69, 9.17) is 4.74 Å². The van der Waals surface area contributed by atoms with Crippen LogP contribution in [0.2, 0.25) is 0 Å². The molecule has 0 spiro atoms. The van der Waals surface area contributed by atoms with Crippen molar-refractivity contribution in [2.24, 2.45) is 16.7 Å². The summed E-state index contributed by atoms with van der Waals surface area (Å²) < 4.78 is 5.23.